The molecule has 1 saturated heterocycles. The number of carbonyl (C=O) groups excluding carboxylic acids is 1. The molecule has 20 heavy (non-hydrogen) atoms. The van der Waals surface area contributed by atoms with Crippen LogP contribution < -0.4 is 16.0 Å². The Balaban J connectivity index is 1.91. The van der Waals surface area contributed by atoms with E-state index in [9.17, 15) is 4.79 Å². The summed E-state index contributed by atoms with van der Waals surface area (Å²) in [5.41, 5.74) is 8.73. The van der Waals surface area contributed by atoms with E-state index in [0.29, 0.717) is 0 Å². The summed E-state index contributed by atoms with van der Waals surface area (Å²) in [4.78, 5) is 16.4. The SMILES string of the molecule is CN1CCCN(c2cc3c(cc2Br)C(N)C(=O)N3)CC1. The number of hydrogen-bond donors (Lipinski definition) is 2. The second-order valence-corrected chi connectivity index (χ2v) is 6.36. The molecule has 3 rings (SSSR count). The van der Waals surface area contributed by atoms with E-state index < -0.39 is 6.04 Å². The van der Waals surface area contributed by atoms with Gasteiger partial charge in [0.15, 0.2) is 0 Å². The molecule has 2 heterocycles. The van der Waals surface area contributed by atoms with Gasteiger partial charge in [0.1, 0.15) is 6.04 Å². The van der Waals surface area contributed by atoms with E-state index in [-0.39, 0.29) is 5.91 Å². The number of anilines is 2. The maximum atomic E-state index is 11.7. The van der Waals surface area contributed by atoms with Crippen LogP contribution in [0.1, 0.15) is 18.0 Å². The second-order valence-electron chi connectivity index (χ2n) is 5.50. The molecule has 0 spiro atoms. The molecule has 0 saturated carbocycles. The molecule has 0 bridgehead atoms. The van der Waals surface area contributed by atoms with Crippen LogP contribution in [0.3, 0.4) is 0 Å². The molecule has 6 heteroatoms. The van der Waals surface area contributed by atoms with E-state index in [1.54, 1.807) is 0 Å². The van der Waals surface area contributed by atoms with Gasteiger partial charge in [-0.15, -0.1) is 0 Å². The van der Waals surface area contributed by atoms with Gasteiger partial charge in [-0.2, -0.15) is 0 Å². The van der Waals surface area contributed by atoms with Gasteiger partial charge in [-0.25, -0.2) is 0 Å². The zero-order valence-electron chi connectivity index (χ0n) is 11.5. The van der Waals surface area contributed by atoms with Crippen molar-refractivity contribution in [2.24, 2.45) is 5.73 Å². The fourth-order valence-electron chi connectivity index (χ4n) is 2.82. The van der Waals surface area contributed by atoms with E-state index in [0.717, 1.165) is 54.0 Å². The minimum atomic E-state index is -0.550. The highest BCUT2D eigenvalue weighted by Gasteiger charge is 2.29. The van der Waals surface area contributed by atoms with Gasteiger partial charge in [-0.05, 0) is 48.1 Å². The molecule has 0 aromatic heterocycles. The predicted octanol–water partition coefficient (Wildman–Crippen LogP) is 1.54. The first-order valence-electron chi connectivity index (χ1n) is 6.89. The lowest BCUT2D eigenvalue weighted by Crippen LogP contribution is -2.29. The Kier molecular flexibility index (Phi) is 3.70. The maximum absolute atomic E-state index is 11.7. The summed E-state index contributed by atoms with van der Waals surface area (Å²) >= 11 is 3.62. The Morgan fingerprint density at radius 2 is 2.10 bits per heavy atom. The number of nitrogens with two attached hydrogens (primary N) is 1. The van der Waals surface area contributed by atoms with Gasteiger partial charge in [0.05, 0.1) is 5.69 Å². The van der Waals surface area contributed by atoms with Crippen LogP contribution in [0.15, 0.2) is 16.6 Å². The third kappa shape index (κ3) is 2.43. The summed E-state index contributed by atoms with van der Waals surface area (Å²) in [5.74, 6) is -0.125. The second kappa shape index (κ2) is 5.35. The Morgan fingerprint density at radius 3 is 2.90 bits per heavy atom. The Hall–Kier alpha value is -1.11. The highest BCUT2D eigenvalue weighted by Crippen LogP contribution is 2.38. The van der Waals surface area contributed by atoms with Crippen LogP contribution in [0.5, 0.6) is 0 Å². The van der Waals surface area contributed by atoms with Gasteiger partial charge in [0.2, 0.25) is 5.91 Å². The quantitative estimate of drug-likeness (QED) is 0.815. The van der Waals surface area contributed by atoms with Crippen molar-refractivity contribution in [3.8, 4) is 0 Å². The first-order valence-corrected chi connectivity index (χ1v) is 7.69. The smallest absolute Gasteiger partial charge is 0.245 e. The van der Waals surface area contributed by atoms with Crippen LogP contribution in [0, 0.1) is 0 Å². The van der Waals surface area contributed by atoms with Crippen LogP contribution in [0.25, 0.3) is 0 Å². The molecular weight excluding hydrogens is 320 g/mol. The number of carbonyl (C=O) groups is 1. The molecule has 108 valence electrons. The average molecular weight is 339 g/mol. The highest BCUT2D eigenvalue weighted by atomic mass is 79.9. The molecule has 1 aromatic rings. The fourth-order valence-corrected chi connectivity index (χ4v) is 3.44. The van der Waals surface area contributed by atoms with Gasteiger partial charge in [-0.3, -0.25) is 4.79 Å². The number of nitrogens with zero attached hydrogens (tertiary/aromatic N) is 2. The standard InChI is InChI=1S/C14H19BrN4O/c1-18-3-2-4-19(6-5-18)12-8-11-9(7-10(12)15)13(16)14(20)17-11/h7-8,13H,2-6,16H2,1H3,(H,17,20). The van der Waals surface area contributed by atoms with Gasteiger partial charge in [0, 0.05) is 35.4 Å². The third-order valence-electron chi connectivity index (χ3n) is 4.05. The zero-order valence-corrected chi connectivity index (χ0v) is 13.1. The highest BCUT2D eigenvalue weighted by molar-refractivity contribution is 9.10. The maximum Gasteiger partial charge on any atom is 0.245 e. The minimum Gasteiger partial charge on any atom is -0.369 e. The molecular formula is C14H19BrN4O. The van der Waals surface area contributed by atoms with Crippen molar-refractivity contribution in [3.63, 3.8) is 0 Å². The van der Waals surface area contributed by atoms with Gasteiger partial charge in [0.25, 0.3) is 0 Å². The molecule has 0 aliphatic carbocycles. The molecule has 1 amide bonds. The summed E-state index contributed by atoms with van der Waals surface area (Å²) < 4.78 is 1.01. The van der Waals surface area contributed by atoms with Crippen LogP contribution in [0.2, 0.25) is 0 Å². The lowest BCUT2D eigenvalue weighted by molar-refractivity contribution is -0.116. The average Bonchev–Trinajstić information content (AvgIpc) is 2.60. The molecule has 3 N–H and O–H groups in total. The molecule has 1 atom stereocenters. The van der Waals surface area contributed by atoms with Crippen molar-refractivity contribution >= 4 is 33.2 Å². The zero-order chi connectivity index (χ0) is 14.3. The first-order chi connectivity index (χ1) is 9.56. The normalized spacial score (nSPS) is 23.4. The van der Waals surface area contributed by atoms with Crippen molar-refractivity contribution < 1.29 is 4.79 Å². The molecule has 2 aliphatic rings. The summed E-state index contributed by atoms with van der Waals surface area (Å²) in [7, 11) is 2.15. The van der Waals surface area contributed by atoms with Crippen molar-refractivity contribution in [2.45, 2.75) is 12.5 Å². The van der Waals surface area contributed by atoms with Gasteiger partial charge >= 0.3 is 0 Å². The number of rotatable bonds is 1. The number of hydrogen-bond acceptors (Lipinski definition) is 4. The lowest BCUT2D eigenvalue weighted by atomic mass is 10.1. The van der Waals surface area contributed by atoms with Crippen LogP contribution in [-0.2, 0) is 4.79 Å². The summed E-state index contributed by atoms with van der Waals surface area (Å²) in [6.45, 7) is 4.20. The van der Waals surface area contributed by atoms with Gasteiger partial charge < -0.3 is 20.9 Å². The third-order valence-corrected chi connectivity index (χ3v) is 4.69. The number of likely N-dealkylation sites (N-methyl/N-ethyl adjacent to an activating group) is 1. The first kappa shape index (κ1) is 13.9. The van der Waals surface area contributed by atoms with Crippen LogP contribution >= 0.6 is 15.9 Å². The molecule has 0 radical (unpaired) electrons. The largest absolute Gasteiger partial charge is 0.369 e. The van der Waals surface area contributed by atoms with E-state index in [1.807, 2.05) is 12.1 Å². The van der Waals surface area contributed by atoms with Crippen molar-refractivity contribution in [2.75, 3.05) is 43.4 Å². The number of benzene rings is 1. The van der Waals surface area contributed by atoms with E-state index in [1.165, 1.54) is 0 Å². The van der Waals surface area contributed by atoms with Crippen molar-refractivity contribution in [1.82, 2.24) is 4.90 Å². The summed E-state index contributed by atoms with van der Waals surface area (Å²) in [6.07, 6.45) is 1.14. The van der Waals surface area contributed by atoms with Crippen LogP contribution in [-0.4, -0.2) is 44.0 Å². The monoisotopic (exact) mass is 338 g/mol. The van der Waals surface area contributed by atoms with Crippen molar-refractivity contribution in [1.29, 1.82) is 0 Å². The van der Waals surface area contributed by atoms with Crippen molar-refractivity contribution in [3.05, 3.63) is 22.2 Å². The predicted molar refractivity (Wildman–Crippen MR) is 84.0 cm³/mol. The molecule has 1 aromatic carbocycles. The fraction of sp³-hybridized carbons (Fsp3) is 0.500. The summed E-state index contributed by atoms with van der Waals surface area (Å²) in [5, 5.41) is 2.86. The van der Waals surface area contributed by atoms with E-state index in [4.69, 9.17) is 5.73 Å². The van der Waals surface area contributed by atoms with Crippen LogP contribution in [0.4, 0.5) is 11.4 Å². The number of nitrogens with one attached hydrogen (secondary N) is 1. The Morgan fingerprint density at radius 1 is 1.30 bits per heavy atom. The molecule has 5 nitrogen and oxygen atoms in total. The molecule has 1 fully saturated rings. The topological polar surface area (TPSA) is 61.6 Å². The van der Waals surface area contributed by atoms with E-state index >= 15 is 0 Å². The Labute approximate surface area is 127 Å². The summed E-state index contributed by atoms with van der Waals surface area (Å²) in [6, 6.07) is 3.46. The lowest BCUT2D eigenvalue weighted by Gasteiger charge is -2.25. The molecule has 2 aliphatic heterocycles. The van der Waals surface area contributed by atoms with Gasteiger partial charge in [-0.1, -0.05) is 0 Å². The molecule has 1 unspecified atom stereocenters. The minimum absolute atomic E-state index is 0.125. The number of halogens is 1. The van der Waals surface area contributed by atoms with E-state index in [2.05, 4.69) is 38.1 Å². The number of fused-ring (bicyclic) bond motifs is 1. The Bertz CT molecular complexity index is 548. The number of amides is 1.